The molecule has 0 atom stereocenters. The fourth-order valence-corrected chi connectivity index (χ4v) is 2.66. The van der Waals surface area contributed by atoms with E-state index in [9.17, 15) is 0 Å². The lowest BCUT2D eigenvalue weighted by Crippen LogP contribution is -2.35. The molecule has 3 N–H and O–H groups in total. The van der Waals surface area contributed by atoms with Crippen molar-refractivity contribution in [1.29, 1.82) is 5.41 Å². The smallest absolute Gasteiger partial charge is 0.122 e. The van der Waals surface area contributed by atoms with Crippen LogP contribution in [0.2, 0.25) is 0 Å². The van der Waals surface area contributed by atoms with Crippen LogP contribution in [0.15, 0.2) is 48.5 Å². The summed E-state index contributed by atoms with van der Waals surface area (Å²) >= 11 is 0. The maximum atomic E-state index is 7.38. The van der Waals surface area contributed by atoms with Crippen molar-refractivity contribution in [3.05, 3.63) is 65.2 Å². The van der Waals surface area contributed by atoms with E-state index in [-0.39, 0.29) is 5.84 Å². The molecule has 0 bridgehead atoms. The minimum absolute atomic E-state index is 0.0670. The van der Waals surface area contributed by atoms with Crippen LogP contribution in [0.5, 0.6) is 5.75 Å². The van der Waals surface area contributed by atoms with Crippen LogP contribution in [-0.4, -0.2) is 37.0 Å². The first-order valence-corrected chi connectivity index (χ1v) is 8.16. The van der Waals surface area contributed by atoms with Crippen LogP contribution in [0.1, 0.15) is 16.7 Å². The van der Waals surface area contributed by atoms with E-state index in [2.05, 4.69) is 29.2 Å². The third kappa shape index (κ3) is 4.57. The zero-order valence-corrected chi connectivity index (χ0v) is 13.7. The molecule has 0 saturated carbocycles. The second-order valence-corrected chi connectivity index (χ2v) is 5.93. The SMILES string of the molecule is N=C(N)c1ccc(OCc2ccc(CN3CCOCC3)cc2)cc1. The molecular formula is C19H23N3O2. The summed E-state index contributed by atoms with van der Waals surface area (Å²) in [5.41, 5.74) is 8.59. The number of nitrogens with two attached hydrogens (primary N) is 1. The molecule has 2 aromatic carbocycles. The Kier molecular flexibility index (Phi) is 5.46. The van der Waals surface area contributed by atoms with Crippen molar-refractivity contribution in [2.75, 3.05) is 26.3 Å². The molecule has 1 aliphatic heterocycles. The normalized spacial score (nSPS) is 15.2. The fraction of sp³-hybridized carbons (Fsp3) is 0.316. The fourth-order valence-electron chi connectivity index (χ4n) is 2.66. The number of benzene rings is 2. The van der Waals surface area contributed by atoms with E-state index in [1.807, 2.05) is 12.1 Å². The maximum Gasteiger partial charge on any atom is 0.122 e. The number of ether oxygens (including phenoxy) is 2. The topological polar surface area (TPSA) is 71.6 Å². The Morgan fingerprint density at radius 2 is 1.62 bits per heavy atom. The maximum absolute atomic E-state index is 7.38. The molecule has 1 fully saturated rings. The van der Waals surface area contributed by atoms with E-state index in [1.165, 1.54) is 5.56 Å². The lowest BCUT2D eigenvalue weighted by atomic mass is 10.1. The van der Waals surface area contributed by atoms with Crippen molar-refractivity contribution < 1.29 is 9.47 Å². The van der Waals surface area contributed by atoms with Gasteiger partial charge < -0.3 is 15.2 Å². The van der Waals surface area contributed by atoms with Crippen molar-refractivity contribution in [2.24, 2.45) is 5.73 Å². The summed E-state index contributed by atoms with van der Waals surface area (Å²) in [6, 6.07) is 15.8. The number of morpholine rings is 1. The minimum Gasteiger partial charge on any atom is -0.489 e. The van der Waals surface area contributed by atoms with Crippen molar-refractivity contribution >= 4 is 5.84 Å². The van der Waals surface area contributed by atoms with Gasteiger partial charge >= 0.3 is 0 Å². The van der Waals surface area contributed by atoms with E-state index in [0.29, 0.717) is 12.2 Å². The zero-order valence-electron chi connectivity index (χ0n) is 13.7. The number of nitrogen functional groups attached to an aromatic ring is 1. The Hall–Kier alpha value is -2.37. The number of rotatable bonds is 6. The van der Waals surface area contributed by atoms with Gasteiger partial charge in [0.25, 0.3) is 0 Å². The van der Waals surface area contributed by atoms with Gasteiger partial charge in [-0.1, -0.05) is 24.3 Å². The third-order valence-electron chi connectivity index (χ3n) is 4.10. The molecule has 0 radical (unpaired) electrons. The summed E-state index contributed by atoms with van der Waals surface area (Å²) < 4.78 is 11.2. The van der Waals surface area contributed by atoms with Crippen LogP contribution in [-0.2, 0) is 17.9 Å². The number of amidine groups is 1. The predicted molar refractivity (Wildman–Crippen MR) is 94.3 cm³/mol. The predicted octanol–water partition coefficient (Wildman–Crippen LogP) is 2.38. The van der Waals surface area contributed by atoms with Gasteiger partial charge in [0, 0.05) is 25.2 Å². The Morgan fingerprint density at radius 3 is 2.25 bits per heavy atom. The summed E-state index contributed by atoms with van der Waals surface area (Å²) in [5.74, 6) is 0.842. The molecule has 3 rings (SSSR count). The first kappa shape index (κ1) is 16.5. The van der Waals surface area contributed by atoms with Gasteiger partial charge in [-0.2, -0.15) is 0 Å². The van der Waals surface area contributed by atoms with Crippen LogP contribution in [0.4, 0.5) is 0 Å². The summed E-state index contributed by atoms with van der Waals surface area (Å²) in [7, 11) is 0. The highest BCUT2D eigenvalue weighted by molar-refractivity contribution is 5.94. The van der Waals surface area contributed by atoms with Crippen molar-refractivity contribution in [2.45, 2.75) is 13.2 Å². The molecule has 0 spiro atoms. The van der Waals surface area contributed by atoms with E-state index in [0.717, 1.165) is 44.2 Å². The second-order valence-electron chi connectivity index (χ2n) is 5.93. The van der Waals surface area contributed by atoms with Crippen LogP contribution >= 0.6 is 0 Å². The summed E-state index contributed by atoms with van der Waals surface area (Å²) in [6.45, 7) is 5.15. The van der Waals surface area contributed by atoms with E-state index >= 15 is 0 Å². The lowest BCUT2D eigenvalue weighted by molar-refractivity contribution is 0.0342. The van der Waals surface area contributed by atoms with E-state index in [1.54, 1.807) is 12.1 Å². The molecular weight excluding hydrogens is 302 g/mol. The summed E-state index contributed by atoms with van der Waals surface area (Å²) in [5, 5.41) is 7.38. The van der Waals surface area contributed by atoms with Gasteiger partial charge in [-0.05, 0) is 35.4 Å². The van der Waals surface area contributed by atoms with Crippen molar-refractivity contribution in [3.8, 4) is 5.75 Å². The van der Waals surface area contributed by atoms with E-state index in [4.69, 9.17) is 20.6 Å². The van der Waals surface area contributed by atoms with Gasteiger partial charge in [0.1, 0.15) is 18.2 Å². The van der Waals surface area contributed by atoms with Gasteiger partial charge in [-0.15, -0.1) is 0 Å². The van der Waals surface area contributed by atoms with Crippen LogP contribution in [0, 0.1) is 5.41 Å². The average Bonchev–Trinajstić information content (AvgIpc) is 2.62. The van der Waals surface area contributed by atoms with Crippen LogP contribution < -0.4 is 10.5 Å². The standard InChI is InChI=1S/C19H23N3O2/c20-19(21)17-5-7-18(8-6-17)24-14-16-3-1-15(2-4-16)13-22-9-11-23-12-10-22/h1-8H,9-14H2,(H3,20,21). The van der Waals surface area contributed by atoms with Gasteiger partial charge in [-0.25, -0.2) is 0 Å². The molecule has 5 nitrogen and oxygen atoms in total. The Balaban J connectivity index is 1.51. The molecule has 5 heteroatoms. The van der Waals surface area contributed by atoms with Gasteiger partial charge in [0.05, 0.1) is 13.2 Å². The van der Waals surface area contributed by atoms with E-state index < -0.39 is 0 Å². The van der Waals surface area contributed by atoms with Gasteiger partial charge in [0.15, 0.2) is 0 Å². The highest BCUT2D eigenvalue weighted by atomic mass is 16.5. The molecule has 0 aliphatic carbocycles. The zero-order chi connectivity index (χ0) is 16.8. The van der Waals surface area contributed by atoms with Crippen LogP contribution in [0.3, 0.4) is 0 Å². The van der Waals surface area contributed by atoms with Crippen LogP contribution in [0.25, 0.3) is 0 Å². The van der Waals surface area contributed by atoms with Crippen molar-refractivity contribution in [3.63, 3.8) is 0 Å². The molecule has 126 valence electrons. The number of nitrogens with one attached hydrogen (secondary N) is 1. The highest BCUT2D eigenvalue weighted by Gasteiger charge is 2.10. The Morgan fingerprint density at radius 1 is 1.00 bits per heavy atom. The molecule has 0 aromatic heterocycles. The first-order chi connectivity index (χ1) is 11.7. The molecule has 0 amide bonds. The molecule has 0 unspecified atom stereocenters. The molecule has 1 aliphatic rings. The summed E-state index contributed by atoms with van der Waals surface area (Å²) in [4.78, 5) is 2.41. The number of nitrogens with zero attached hydrogens (tertiary/aromatic N) is 1. The monoisotopic (exact) mass is 325 g/mol. The highest BCUT2D eigenvalue weighted by Crippen LogP contribution is 2.15. The third-order valence-corrected chi connectivity index (χ3v) is 4.10. The van der Waals surface area contributed by atoms with Gasteiger partial charge in [0.2, 0.25) is 0 Å². The number of hydrogen-bond donors (Lipinski definition) is 2. The second kappa shape index (κ2) is 7.95. The van der Waals surface area contributed by atoms with Gasteiger partial charge in [-0.3, -0.25) is 10.3 Å². The first-order valence-electron chi connectivity index (χ1n) is 8.16. The number of hydrogen-bond acceptors (Lipinski definition) is 4. The quantitative estimate of drug-likeness (QED) is 0.632. The molecule has 2 aromatic rings. The minimum atomic E-state index is 0.0670. The molecule has 1 saturated heterocycles. The summed E-state index contributed by atoms with van der Waals surface area (Å²) in [6.07, 6.45) is 0. The lowest BCUT2D eigenvalue weighted by Gasteiger charge is -2.26. The Labute approximate surface area is 142 Å². The Bertz CT molecular complexity index is 662. The van der Waals surface area contributed by atoms with Crippen molar-refractivity contribution in [1.82, 2.24) is 4.90 Å². The molecule has 1 heterocycles. The average molecular weight is 325 g/mol. The largest absolute Gasteiger partial charge is 0.489 e. The molecule has 24 heavy (non-hydrogen) atoms.